The first-order chi connectivity index (χ1) is 7.77. The molecule has 1 aromatic rings. The molecule has 1 atom stereocenters. The Morgan fingerprint density at radius 2 is 2.12 bits per heavy atom. The zero-order valence-electron chi connectivity index (χ0n) is 9.25. The van der Waals surface area contributed by atoms with E-state index in [-0.39, 0.29) is 11.7 Å². The van der Waals surface area contributed by atoms with Gasteiger partial charge in [-0.25, -0.2) is 14.8 Å². The summed E-state index contributed by atoms with van der Waals surface area (Å²) in [6.07, 6.45) is -3.51. The molecule has 94 valence electrons. The number of carboxylic acids is 1. The summed E-state index contributed by atoms with van der Waals surface area (Å²) >= 11 is 0. The van der Waals surface area contributed by atoms with Gasteiger partial charge >= 0.3 is 12.1 Å². The Morgan fingerprint density at radius 3 is 2.53 bits per heavy atom. The maximum Gasteiger partial charge on any atom is 0.434 e. The van der Waals surface area contributed by atoms with Gasteiger partial charge in [0.2, 0.25) is 0 Å². The van der Waals surface area contributed by atoms with Crippen molar-refractivity contribution in [3.8, 4) is 0 Å². The van der Waals surface area contributed by atoms with Crippen molar-refractivity contribution in [2.75, 3.05) is 0 Å². The molecular weight excluding hydrogens is 237 g/mol. The van der Waals surface area contributed by atoms with Gasteiger partial charge in [-0.1, -0.05) is 13.8 Å². The highest BCUT2D eigenvalue weighted by atomic mass is 19.4. The Balaban J connectivity index is 3.35. The van der Waals surface area contributed by atoms with Crippen LogP contribution in [0.5, 0.6) is 0 Å². The van der Waals surface area contributed by atoms with Gasteiger partial charge in [0.15, 0.2) is 5.69 Å². The second kappa shape index (κ2) is 4.68. The minimum Gasteiger partial charge on any atom is -0.478 e. The van der Waals surface area contributed by atoms with E-state index in [0.717, 1.165) is 0 Å². The second-order valence-corrected chi connectivity index (χ2v) is 3.60. The van der Waals surface area contributed by atoms with Crippen molar-refractivity contribution in [3.05, 3.63) is 23.3 Å². The lowest BCUT2D eigenvalue weighted by atomic mass is 10.1. The van der Waals surface area contributed by atoms with Crippen LogP contribution in [0.15, 0.2) is 6.20 Å². The molecule has 0 aliphatic carbocycles. The molecule has 1 unspecified atom stereocenters. The SMILES string of the molecule is CCC(C)c1ncc(C(=O)O)c(C(F)(F)F)n1. The number of halogens is 3. The van der Waals surface area contributed by atoms with E-state index in [0.29, 0.717) is 12.6 Å². The van der Waals surface area contributed by atoms with Gasteiger partial charge in [0.1, 0.15) is 11.4 Å². The van der Waals surface area contributed by atoms with E-state index < -0.39 is 23.4 Å². The van der Waals surface area contributed by atoms with Crippen molar-refractivity contribution in [2.24, 2.45) is 0 Å². The van der Waals surface area contributed by atoms with Gasteiger partial charge in [-0.15, -0.1) is 0 Å². The molecule has 0 fully saturated rings. The summed E-state index contributed by atoms with van der Waals surface area (Å²) in [5.41, 5.74) is -2.32. The Kier molecular flexibility index (Phi) is 3.69. The number of hydrogen-bond donors (Lipinski definition) is 1. The molecule has 0 amide bonds. The summed E-state index contributed by atoms with van der Waals surface area (Å²) in [6, 6.07) is 0. The first-order valence-electron chi connectivity index (χ1n) is 4.94. The van der Waals surface area contributed by atoms with Gasteiger partial charge in [0, 0.05) is 12.1 Å². The smallest absolute Gasteiger partial charge is 0.434 e. The topological polar surface area (TPSA) is 63.1 Å². The number of hydrogen-bond acceptors (Lipinski definition) is 3. The van der Waals surface area contributed by atoms with Crippen molar-refractivity contribution < 1.29 is 23.1 Å². The monoisotopic (exact) mass is 248 g/mol. The minimum absolute atomic E-state index is 0.00447. The van der Waals surface area contributed by atoms with Crippen molar-refractivity contribution in [2.45, 2.75) is 32.4 Å². The Hall–Kier alpha value is -1.66. The van der Waals surface area contributed by atoms with Gasteiger partial charge < -0.3 is 5.11 Å². The van der Waals surface area contributed by atoms with Crippen LogP contribution in [0, 0.1) is 0 Å². The standard InChI is InChI=1S/C10H11F3N2O2/c1-3-5(2)8-14-4-6(9(16)17)7(15-8)10(11,12)13/h4-5H,3H2,1-2H3,(H,16,17). The number of alkyl halides is 3. The molecule has 4 nitrogen and oxygen atoms in total. The van der Waals surface area contributed by atoms with E-state index in [9.17, 15) is 18.0 Å². The number of carboxylic acid groups (broad SMARTS) is 1. The highest BCUT2D eigenvalue weighted by Crippen LogP contribution is 2.31. The summed E-state index contributed by atoms with van der Waals surface area (Å²) < 4.78 is 37.8. The average molecular weight is 248 g/mol. The maximum absolute atomic E-state index is 12.6. The fraction of sp³-hybridized carbons (Fsp3) is 0.500. The van der Waals surface area contributed by atoms with Gasteiger partial charge in [-0.3, -0.25) is 0 Å². The minimum atomic E-state index is -4.79. The Morgan fingerprint density at radius 1 is 1.53 bits per heavy atom. The molecule has 1 rings (SSSR count). The predicted molar refractivity (Wildman–Crippen MR) is 52.7 cm³/mol. The molecule has 1 aromatic heterocycles. The van der Waals surface area contributed by atoms with Gasteiger partial charge in [0.05, 0.1) is 0 Å². The van der Waals surface area contributed by atoms with Crippen molar-refractivity contribution in [3.63, 3.8) is 0 Å². The summed E-state index contributed by atoms with van der Waals surface area (Å²) in [4.78, 5) is 17.6. The Bertz CT molecular complexity index is 432. The summed E-state index contributed by atoms with van der Waals surface area (Å²) in [5, 5.41) is 8.64. The summed E-state index contributed by atoms with van der Waals surface area (Å²) in [7, 11) is 0. The highest BCUT2D eigenvalue weighted by molar-refractivity contribution is 5.88. The number of aromatic nitrogens is 2. The zero-order chi connectivity index (χ0) is 13.2. The lowest BCUT2D eigenvalue weighted by Gasteiger charge is -2.12. The molecule has 7 heteroatoms. The van der Waals surface area contributed by atoms with E-state index in [4.69, 9.17) is 5.11 Å². The molecule has 0 spiro atoms. The molecule has 1 N–H and O–H groups in total. The van der Waals surface area contributed by atoms with E-state index in [2.05, 4.69) is 9.97 Å². The van der Waals surface area contributed by atoms with Crippen LogP contribution in [0.1, 0.15) is 48.1 Å². The second-order valence-electron chi connectivity index (χ2n) is 3.60. The van der Waals surface area contributed by atoms with Crippen LogP contribution in [0.2, 0.25) is 0 Å². The van der Waals surface area contributed by atoms with Crippen molar-refractivity contribution >= 4 is 5.97 Å². The third-order valence-corrected chi connectivity index (χ3v) is 2.36. The molecule has 0 saturated carbocycles. The first-order valence-corrected chi connectivity index (χ1v) is 4.94. The van der Waals surface area contributed by atoms with E-state index >= 15 is 0 Å². The van der Waals surface area contributed by atoms with Gasteiger partial charge in [-0.2, -0.15) is 13.2 Å². The predicted octanol–water partition coefficient (Wildman–Crippen LogP) is 2.71. The van der Waals surface area contributed by atoms with Gasteiger partial charge in [-0.05, 0) is 6.42 Å². The van der Waals surface area contributed by atoms with Gasteiger partial charge in [0.25, 0.3) is 0 Å². The molecule has 0 radical (unpaired) electrons. The normalized spacial score (nSPS) is 13.5. The lowest BCUT2D eigenvalue weighted by molar-refractivity contribution is -0.141. The Labute approximate surface area is 95.5 Å². The quantitative estimate of drug-likeness (QED) is 0.893. The largest absolute Gasteiger partial charge is 0.478 e. The molecule has 0 aliphatic rings. The molecular formula is C10H11F3N2O2. The summed E-state index contributed by atoms with van der Waals surface area (Å²) in [6.45, 7) is 3.46. The van der Waals surface area contributed by atoms with Crippen LogP contribution in [0.3, 0.4) is 0 Å². The van der Waals surface area contributed by atoms with Crippen LogP contribution in [-0.4, -0.2) is 21.0 Å². The molecule has 0 aliphatic heterocycles. The average Bonchev–Trinajstić information content (AvgIpc) is 2.25. The van der Waals surface area contributed by atoms with Crippen molar-refractivity contribution in [1.29, 1.82) is 0 Å². The highest BCUT2D eigenvalue weighted by Gasteiger charge is 2.38. The van der Waals surface area contributed by atoms with E-state index in [1.165, 1.54) is 0 Å². The molecule has 17 heavy (non-hydrogen) atoms. The summed E-state index contributed by atoms with van der Waals surface area (Å²) in [5.74, 6) is -1.93. The maximum atomic E-state index is 12.6. The van der Waals surface area contributed by atoms with Crippen molar-refractivity contribution in [1.82, 2.24) is 9.97 Å². The molecule has 0 bridgehead atoms. The van der Waals surface area contributed by atoms with E-state index in [1.807, 2.05) is 0 Å². The number of carbonyl (C=O) groups is 1. The van der Waals surface area contributed by atoms with Crippen LogP contribution >= 0.6 is 0 Å². The van der Waals surface area contributed by atoms with Crippen LogP contribution in [-0.2, 0) is 6.18 Å². The zero-order valence-corrected chi connectivity index (χ0v) is 9.25. The molecule has 0 saturated heterocycles. The lowest BCUT2D eigenvalue weighted by Crippen LogP contribution is -2.18. The van der Waals surface area contributed by atoms with E-state index in [1.54, 1.807) is 13.8 Å². The fourth-order valence-corrected chi connectivity index (χ4v) is 1.19. The van der Waals surface area contributed by atoms with Crippen LogP contribution < -0.4 is 0 Å². The first kappa shape index (κ1) is 13.4. The van der Waals surface area contributed by atoms with Crippen LogP contribution in [0.4, 0.5) is 13.2 Å². The molecule has 1 heterocycles. The fourth-order valence-electron chi connectivity index (χ4n) is 1.19. The third-order valence-electron chi connectivity index (χ3n) is 2.36. The number of aromatic carboxylic acids is 1. The van der Waals surface area contributed by atoms with Crippen LogP contribution in [0.25, 0.3) is 0 Å². The molecule has 0 aromatic carbocycles. The number of rotatable bonds is 3. The number of nitrogens with zero attached hydrogens (tertiary/aromatic N) is 2. The third kappa shape index (κ3) is 2.92.